The summed E-state index contributed by atoms with van der Waals surface area (Å²) in [5.74, 6) is 0.942. The van der Waals surface area contributed by atoms with Crippen molar-refractivity contribution in [3.8, 4) is 5.75 Å². The molecule has 0 amide bonds. The Labute approximate surface area is 136 Å². The molecule has 128 valence electrons. The Balaban J connectivity index is 1.96. The molecule has 23 heavy (non-hydrogen) atoms. The monoisotopic (exact) mass is 325 g/mol. The van der Waals surface area contributed by atoms with Gasteiger partial charge in [-0.3, -0.25) is 0 Å². The smallest absolute Gasteiger partial charge is 0.387 e. The number of hydrogen-bond acceptors (Lipinski definition) is 2. The minimum absolute atomic E-state index is 0.165. The van der Waals surface area contributed by atoms with Crippen molar-refractivity contribution in [2.24, 2.45) is 4.99 Å². The first-order chi connectivity index (χ1) is 11.2. The summed E-state index contributed by atoms with van der Waals surface area (Å²) in [6.07, 6.45) is 6.15. The van der Waals surface area contributed by atoms with Crippen LogP contribution in [0.15, 0.2) is 29.3 Å². The third-order valence-corrected chi connectivity index (χ3v) is 3.83. The average Bonchev–Trinajstić information content (AvgIpc) is 2.53. The van der Waals surface area contributed by atoms with Crippen LogP contribution in [0, 0.1) is 0 Å². The van der Waals surface area contributed by atoms with Crippen LogP contribution < -0.4 is 15.4 Å². The zero-order valence-electron chi connectivity index (χ0n) is 13.5. The first-order valence-corrected chi connectivity index (χ1v) is 8.26. The molecule has 4 nitrogen and oxygen atoms in total. The number of benzene rings is 1. The van der Waals surface area contributed by atoms with Crippen LogP contribution in [0.2, 0.25) is 0 Å². The van der Waals surface area contributed by atoms with Crippen molar-refractivity contribution >= 4 is 5.96 Å². The van der Waals surface area contributed by atoms with Crippen molar-refractivity contribution in [1.82, 2.24) is 10.6 Å². The molecule has 1 fully saturated rings. The number of aliphatic imine (C=N–C) groups is 1. The van der Waals surface area contributed by atoms with Crippen molar-refractivity contribution in [3.05, 3.63) is 29.8 Å². The summed E-state index contributed by atoms with van der Waals surface area (Å²) in [6.45, 7) is 0.420. The molecule has 0 aromatic heterocycles. The molecule has 0 spiro atoms. The summed E-state index contributed by atoms with van der Waals surface area (Å²) < 4.78 is 28.9. The molecule has 1 aliphatic carbocycles. The summed E-state index contributed by atoms with van der Waals surface area (Å²) in [7, 11) is 0. The molecule has 0 atom stereocenters. The molecule has 1 aromatic carbocycles. The van der Waals surface area contributed by atoms with E-state index in [0.29, 0.717) is 12.6 Å². The lowest BCUT2D eigenvalue weighted by Gasteiger charge is -2.24. The normalized spacial score (nSPS) is 16.4. The van der Waals surface area contributed by atoms with Crippen LogP contribution in [0.25, 0.3) is 0 Å². The van der Waals surface area contributed by atoms with Gasteiger partial charge in [0, 0.05) is 12.6 Å². The Hall–Kier alpha value is -1.85. The predicted molar refractivity (Wildman–Crippen MR) is 87.9 cm³/mol. The summed E-state index contributed by atoms with van der Waals surface area (Å²) in [6, 6.07) is 7.14. The Morgan fingerprint density at radius 3 is 2.78 bits per heavy atom. The maximum atomic E-state index is 12.3. The molecule has 0 radical (unpaired) electrons. The number of rotatable bonds is 6. The molecule has 6 heteroatoms. The zero-order valence-corrected chi connectivity index (χ0v) is 13.5. The lowest BCUT2D eigenvalue weighted by atomic mass is 9.96. The van der Waals surface area contributed by atoms with Gasteiger partial charge in [-0.2, -0.15) is 8.78 Å². The van der Waals surface area contributed by atoms with E-state index < -0.39 is 6.61 Å². The van der Waals surface area contributed by atoms with Gasteiger partial charge in [-0.25, -0.2) is 4.99 Å². The Morgan fingerprint density at radius 2 is 2.09 bits per heavy atom. The van der Waals surface area contributed by atoms with Crippen LogP contribution in [0.5, 0.6) is 5.75 Å². The average molecular weight is 325 g/mol. The van der Waals surface area contributed by atoms with E-state index in [1.807, 2.05) is 13.0 Å². The Bertz CT molecular complexity index is 502. The molecule has 2 N–H and O–H groups in total. The molecule has 0 saturated heterocycles. The Morgan fingerprint density at radius 1 is 1.30 bits per heavy atom. The SMILES string of the molecule is CCNC(=NCc1cccc(OC(F)F)c1)NC1CCCCC1. The summed E-state index contributed by atoms with van der Waals surface area (Å²) >= 11 is 0. The van der Waals surface area contributed by atoms with Gasteiger partial charge in [0.2, 0.25) is 0 Å². The maximum Gasteiger partial charge on any atom is 0.387 e. The highest BCUT2D eigenvalue weighted by atomic mass is 19.3. The van der Waals surface area contributed by atoms with Gasteiger partial charge in [-0.15, -0.1) is 0 Å². The van der Waals surface area contributed by atoms with E-state index in [1.165, 1.54) is 38.2 Å². The van der Waals surface area contributed by atoms with E-state index >= 15 is 0 Å². The molecule has 1 aromatic rings. The highest BCUT2D eigenvalue weighted by Gasteiger charge is 2.14. The number of nitrogens with zero attached hydrogens (tertiary/aromatic N) is 1. The van der Waals surface area contributed by atoms with Crippen LogP contribution in [-0.4, -0.2) is 25.2 Å². The van der Waals surface area contributed by atoms with Crippen molar-refractivity contribution < 1.29 is 13.5 Å². The van der Waals surface area contributed by atoms with Crippen LogP contribution in [-0.2, 0) is 6.54 Å². The van der Waals surface area contributed by atoms with Crippen LogP contribution in [0.4, 0.5) is 8.78 Å². The molecule has 0 bridgehead atoms. The van der Waals surface area contributed by atoms with Gasteiger partial charge in [0.1, 0.15) is 5.75 Å². The third-order valence-electron chi connectivity index (χ3n) is 3.83. The molecule has 1 aliphatic rings. The van der Waals surface area contributed by atoms with Crippen LogP contribution in [0.3, 0.4) is 0 Å². The van der Waals surface area contributed by atoms with E-state index in [9.17, 15) is 8.78 Å². The van der Waals surface area contributed by atoms with Gasteiger partial charge < -0.3 is 15.4 Å². The van der Waals surface area contributed by atoms with Crippen LogP contribution in [0.1, 0.15) is 44.6 Å². The molecule has 2 rings (SSSR count). The molecular formula is C17H25F2N3O. The van der Waals surface area contributed by atoms with Gasteiger partial charge in [0.05, 0.1) is 6.54 Å². The standard InChI is InChI=1S/C17H25F2N3O/c1-2-20-17(22-14-8-4-3-5-9-14)21-12-13-7-6-10-15(11-13)23-16(18)19/h6-7,10-11,14,16H,2-5,8-9,12H2,1H3,(H2,20,21,22). The number of guanidine groups is 1. The summed E-state index contributed by atoms with van der Waals surface area (Å²) in [5, 5.41) is 6.70. The highest BCUT2D eigenvalue weighted by Crippen LogP contribution is 2.18. The first-order valence-electron chi connectivity index (χ1n) is 8.26. The fraction of sp³-hybridized carbons (Fsp3) is 0.588. The summed E-state index contributed by atoms with van der Waals surface area (Å²) in [4.78, 5) is 4.55. The molecule has 0 aliphatic heterocycles. The van der Waals surface area contributed by atoms with Crippen LogP contribution >= 0.6 is 0 Å². The van der Waals surface area contributed by atoms with E-state index in [2.05, 4.69) is 20.4 Å². The van der Waals surface area contributed by atoms with Gasteiger partial charge in [-0.1, -0.05) is 31.4 Å². The highest BCUT2D eigenvalue weighted by molar-refractivity contribution is 5.80. The lowest BCUT2D eigenvalue weighted by Crippen LogP contribution is -2.44. The number of ether oxygens (including phenoxy) is 1. The molecule has 0 unspecified atom stereocenters. The number of halogens is 2. The first kappa shape index (κ1) is 17.5. The van der Waals surface area contributed by atoms with Gasteiger partial charge in [0.25, 0.3) is 0 Å². The molecular weight excluding hydrogens is 300 g/mol. The quantitative estimate of drug-likeness (QED) is 0.619. The second-order valence-corrected chi connectivity index (χ2v) is 5.70. The van der Waals surface area contributed by atoms with E-state index in [0.717, 1.165) is 18.1 Å². The largest absolute Gasteiger partial charge is 0.435 e. The van der Waals surface area contributed by atoms with E-state index in [-0.39, 0.29) is 5.75 Å². The lowest BCUT2D eigenvalue weighted by molar-refractivity contribution is -0.0498. The van der Waals surface area contributed by atoms with Crippen molar-refractivity contribution in [2.45, 2.75) is 58.2 Å². The van der Waals surface area contributed by atoms with Gasteiger partial charge in [-0.05, 0) is 37.5 Å². The second kappa shape index (κ2) is 9.33. The molecule has 0 heterocycles. The van der Waals surface area contributed by atoms with E-state index in [4.69, 9.17) is 0 Å². The maximum absolute atomic E-state index is 12.3. The fourth-order valence-corrected chi connectivity index (χ4v) is 2.75. The minimum Gasteiger partial charge on any atom is -0.435 e. The summed E-state index contributed by atoms with van der Waals surface area (Å²) in [5.41, 5.74) is 0.837. The van der Waals surface area contributed by atoms with Gasteiger partial charge in [0.15, 0.2) is 5.96 Å². The third kappa shape index (κ3) is 6.42. The fourth-order valence-electron chi connectivity index (χ4n) is 2.75. The number of nitrogens with one attached hydrogen (secondary N) is 2. The number of hydrogen-bond donors (Lipinski definition) is 2. The number of alkyl halides is 2. The van der Waals surface area contributed by atoms with Gasteiger partial charge >= 0.3 is 6.61 Å². The van der Waals surface area contributed by atoms with Crippen molar-refractivity contribution in [1.29, 1.82) is 0 Å². The predicted octanol–water partition coefficient (Wildman–Crippen LogP) is 3.68. The van der Waals surface area contributed by atoms with Crippen molar-refractivity contribution in [2.75, 3.05) is 6.54 Å². The topological polar surface area (TPSA) is 45.7 Å². The van der Waals surface area contributed by atoms with E-state index in [1.54, 1.807) is 12.1 Å². The Kier molecular flexibility index (Phi) is 7.10. The van der Waals surface area contributed by atoms with Crippen molar-refractivity contribution in [3.63, 3.8) is 0 Å². The molecule has 1 saturated carbocycles. The minimum atomic E-state index is -2.81. The second-order valence-electron chi connectivity index (χ2n) is 5.70. The zero-order chi connectivity index (χ0) is 16.5.